The molecule has 0 amide bonds. The third kappa shape index (κ3) is 3.45. The van der Waals surface area contributed by atoms with Crippen molar-refractivity contribution >= 4 is 11.8 Å². The van der Waals surface area contributed by atoms with Crippen LogP contribution in [0.15, 0.2) is 18.3 Å². The number of carboxylic acid groups (broad SMARTS) is 1. The lowest BCUT2D eigenvalue weighted by Gasteiger charge is -2.27. The number of pyridine rings is 1. The highest BCUT2D eigenvalue weighted by molar-refractivity contribution is 5.73. The van der Waals surface area contributed by atoms with Gasteiger partial charge in [-0.2, -0.15) is 5.26 Å². The lowest BCUT2D eigenvalue weighted by Crippen LogP contribution is -2.37. The summed E-state index contributed by atoms with van der Waals surface area (Å²) >= 11 is 0. The minimum absolute atomic E-state index is 0.0894. The molecule has 1 aromatic heterocycles. The van der Waals surface area contributed by atoms with E-state index in [0.29, 0.717) is 11.4 Å². The summed E-state index contributed by atoms with van der Waals surface area (Å²) in [5.74, 6) is -0.308. The van der Waals surface area contributed by atoms with Gasteiger partial charge in [-0.1, -0.05) is 6.92 Å². The van der Waals surface area contributed by atoms with Gasteiger partial charge >= 0.3 is 5.97 Å². The fraction of sp³-hybridized carbons (Fsp3) is 0.417. The van der Waals surface area contributed by atoms with Crippen molar-refractivity contribution in [3.8, 4) is 6.07 Å². The molecule has 0 aliphatic carbocycles. The van der Waals surface area contributed by atoms with E-state index in [2.05, 4.69) is 4.98 Å². The van der Waals surface area contributed by atoms with Gasteiger partial charge in [0.15, 0.2) is 0 Å². The van der Waals surface area contributed by atoms with E-state index < -0.39 is 5.97 Å². The normalized spacial score (nSPS) is 11.6. The van der Waals surface area contributed by atoms with E-state index >= 15 is 0 Å². The van der Waals surface area contributed by atoms with Gasteiger partial charge in [-0.15, -0.1) is 0 Å². The Morgan fingerprint density at radius 1 is 1.65 bits per heavy atom. The SMILES string of the molecule is CCC(C)N(CC(=O)O)c1ccc(C#N)cn1. The second kappa shape index (κ2) is 5.85. The zero-order valence-corrected chi connectivity index (χ0v) is 9.92. The average molecular weight is 233 g/mol. The molecule has 0 radical (unpaired) electrons. The van der Waals surface area contributed by atoms with Crippen molar-refractivity contribution < 1.29 is 9.90 Å². The lowest BCUT2D eigenvalue weighted by molar-refractivity contribution is -0.135. The van der Waals surface area contributed by atoms with Crippen LogP contribution in [0.2, 0.25) is 0 Å². The monoisotopic (exact) mass is 233 g/mol. The molecule has 0 bridgehead atoms. The van der Waals surface area contributed by atoms with Crippen LogP contribution in [0.25, 0.3) is 0 Å². The Labute approximate surface area is 100 Å². The van der Waals surface area contributed by atoms with Crippen LogP contribution >= 0.6 is 0 Å². The minimum atomic E-state index is -0.892. The number of aliphatic carboxylic acids is 1. The number of aromatic nitrogens is 1. The Bertz CT molecular complexity index is 422. The van der Waals surface area contributed by atoms with Crippen LogP contribution in [0.3, 0.4) is 0 Å². The summed E-state index contributed by atoms with van der Waals surface area (Å²) in [6.45, 7) is 3.85. The molecule has 90 valence electrons. The van der Waals surface area contributed by atoms with Crippen molar-refractivity contribution in [3.05, 3.63) is 23.9 Å². The molecular formula is C12H15N3O2. The maximum Gasteiger partial charge on any atom is 0.323 e. The minimum Gasteiger partial charge on any atom is -0.480 e. The first-order valence-electron chi connectivity index (χ1n) is 5.43. The van der Waals surface area contributed by atoms with E-state index in [0.717, 1.165) is 6.42 Å². The molecule has 5 nitrogen and oxygen atoms in total. The van der Waals surface area contributed by atoms with Gasteiger partial charge in [0.25, 0.3) is 0 Å². The molecule has 0 aliphatic rings. The summed E-state index contributed by atoms with van der Waals surface area (Å²) in [6.07, 6.45) is 2.28. The Morgan fingerprint density at radius 2 is 2.35 bits per heavy atom. The largest absolute Gasteiger partial charge is 0.480 e. The maximum absolute atomic E-state index is 10.8. The molecule has 0 aromatic carbocycles. The molecule has 5 heteroatoms. The first kappa shape index (κ1) is 13.0. The fourth-order valence-electron chi connectivity index (χ4n) is 1.45. The topological polar surface area (TPSA) is 77.2 Å². The zero-order chi connectivity index (χ0) is 12.8. The quantitative estimate of drug-likeness (QED) is 0.836. The highest BCUT2D eigenvalue weighted by Gasteiger charge is 2.17. The molecule has 1 N–H and O–H groups in total. The predicted octanol–water partition coefficient (Wildman–Crippen LogP) is 1.64. The van der Waals surface area contributed by atoms with Gasteiger partial charge in [-0.3, -0.25) is 4.79 Å². The Morgan fingerprint density at radius 3 is 2.76 bits per heavy atom. The fourth-order valence-corrected chi connectivity index (χ4v) is 1.45. The smallest absolute Gasteiger partial charge is 0.323 e. The molecular weight excluding hydrogens is 218 g/mol. The van der Waals surface area contributed by atoms with Crippen LogP contribution in [-0.2, 0) is 4.79 Å². The number of carbonyl (C=O) groups is 1. The molecule has 0 saturated carbocycles. The number of hydrogen-bond acceptors (Lipinski definition) is 4. The number of rotatable bonds is 5. The van der Waals surface area contributed by atoms with Gasteiger partial charge < -0.3 is 10.0 Å². The van der Waals surface area contributed by atoms with Crippen molar-refractivity contribution in [2.24, 2.45) is 0 Å². The highest BCUT2D eigenvalue weighted by Crippen LogP contribution is 2.15. The first-order valence-corrected chi connectivity index (χ1v) is 5.43. The molecule has 0 aliphatic heterocycles. The van der Waals surface area contributed by atoms with Crippen molar-refractivity contribution in [2.45, 2.75) is 26.3 Å². The maximum atomic E-state index is 10.8. The van der Waals surface area contributed by atoms with E-state index in [-0.39, 0.29) is 12.6 Å². The van der Waals surface area contributed by atoms with E-state index in [1.165, 1.54) is 6.20 Å². The molecule has 1 unspecified atom stereocenters. The Hall–Kier alpha value is -2.09. The summed E-state index contributed by atoms with van der Waals surface area (Å²) in [5, 5.41) is 17.5. The van der Waals surface area contributed by atoms with Gasteiger partial charge in [0.2, 0.25) is 0 Å². The van der Waals surface area contributed by atoms with E-state index in [4.69, 9.17) is 10.4 Å². The average Bonchev–Trinajstić information content (AvgIpc) is 2.35. The summed E-state index contributed by atoms with van der Waals surface area (Å²) in [4.78, 5) is 16.6. The van der Waals surface area contributed by atoms with E-state index in [9.17, 15) is 4.79 Å². The molecule has 1 heterocycles. The molecule has 1 rings (SSSR count). The third-order valence-corrected chi connectivity index (χ3v) is 2.60. The molecule has 0 spiro atoms. The number of carboxylic acids is 1. The Balaban J connectivity index is 2.96. The number of nitrogens with zero attached hydrogens (tertiary/aromatic N) is 3. The molecule has 17 heavy (non-hydrogen) atoms. The van der Waals surface area contributed by atoms with Crippen molar-refractivity contribution in [3.63, 3.8) is 0 Å². The second-order valence-corrected chi connectivity index (χ2v) is 3.80. The van der Waals surface area contributed by atoms with E-state index in [1.54, 1.807) is 17.0 Å². The molecule has 1 atom stereocenters. The number of nitriles is 1. The second-order valence-electron chi connectivity index (χ2n) is 3.80. The Kier molecular flexibility index (Phi) is 4.46. The first-order chi connectivity index (χ1) is 8.08. The van der Waals surface area contributed by atoms with Crippen molar-refractivity contribution in [1.82, 2.24) is 4.98 Å². The summed E-state index contributed by atoms with van der Waals surface area (Å²) < 4.78 is 0. The van der Waals surface area contributed by atoms with Crippen LogP contribution in [0.1, 0.15) is 25.8 Å². The van der Waals surface area contributed by atoms with Crippen LogP contribution in [0.5, 0.6) is 0 Å². The molecule has 1 aromatic rings. The summed E-state index contributed by atoms with van der Waals surface area (Å²) in [6, 6.07) is 5.38. The highest BCUT2D eigenvalue weighted by atomic mass is 16.4. The van der Waals surface area contributed by atoms with Crippen LogP contribution in [0.4, 0.5) is 5.82 Å². The van der Waals surface area contributed by atoms with Gasteiger partial charge in [-0.05, 0) is 25.5 Å². The van der Waals surface area contributed by atoms with Gasteiger partial charge in [-0.25, -0.2) is 4.98 Å². The summed E-state index contributed by atoms with van der Waals surface area (Å²) in [7, 11) is 0. The van der Waals surface area contributed by atoms with Crippen molar-refractivity contribution in [2.75, 3.05) is 11.4 Å². The number of hydrogen-bond donors (Lipinski definition) is 1. The predicted molar refractivity (Wildman–Crippen MR) is 63.7 cm³/mol. The number of anilines is 1. The van der Waals surface area contributed by atoms with Crippen LogP contribution < -0.4 is 4.90 Å². The van der Waals surface area contributed by atoms with Gasteiger partial charge in [0.05, 0.1) is 5.56 Å². The van der Waals surface area contributed by atoms with Crippen LogP contribution in [0, 0.1) is 11.3 Å². The lowest BCUT2D eigenvalue weighted by atomic mass is 10.2. The molecule has 0 fully saturated rings. The van der Waals surface area contributed by atoms with Gasteiger partial charge in [0, 0.05) is 12.2 Å². The standard InChI is InChI=1S/C12H15N3O2/c1-3-9(2)15(8-12(16)17)11-5-4-10(6-13)7-14-11/h4-5,7,9H,3,8H2,1-2H3,(H,16,17). The zero-order valence-electron chi connectivity index (χ0n) is 9.92. The summed E-state index contributed by atoms with van der Waals surface area (Å²) in [5.41, 5.74) is 0.466. The molecule has 0 saturated heterocycles. The van der Waals surface area contributed by atoms with Gasteiger partial charge in [0.1, 0.15) is 18.4 Å². The van der Waals surface area contributed by atoms with Crippen LogP contribution in [-0.4, -0.2) is 28.6 Å². The van der Waals surface area contributed by atoms with E-state index in [1.807, 2.05) is 19.9 Å². The van der Waals surface area contributed by atoms with Crippen molar-refractivity contribution in [1.29, 1.82) is 5.26 Å². The third-order valence-electron chi connectivity index (χ3n) is 2.60.